The molecule has 1 N–H and O–H groups in total. The molecule has 0 aliphatic rings. The maximum absolute atomic E-state index is 13.9. The minimum Gasteiger partial charge on any atom is -0.355 e. The Morgan fingerprint density at radius 3 is 3.06 bits per heavy atom. The Balaban J connectivity index is 2.28. The lowest BCUT2D eigenvalue weighted by molar-refractivity contribution is 0.619. The smallest absolute Gasteiger partial charge is 0.207 e. The summed E-state index contributed by atoms with van der Waals surface area (Å²) in [5, 5.41) is 3.29. The first-order chi connectivity index (χ1) is 8.74. The summed E-state index contributed by atoms with van der Waals surface area (Å²) in [4.78, 5) is 4.18. The van der Waals surface area contributed by atoms with Crippen LogP contribution in [0.4, 0.5) is 10.3 Å². The predicted octanol–water partition coefficient (Wildman–Crippen LogP) is 3.88. The molecular formula is C13H15ClFN3. The number of imidazole rings is 1. The predicted molar refractivity (Wildman–Crippen MR) is 71.9 cm³/mol. The van der Waals surface area contributed by atoms with Crippen molar-refractivity contribution in [3.63, 3.8) is 0 Å². The van der Waals surface area contributed by atoms with Gasteiger partial charge in [-0.2, -0.15) is 0 Å². The summed E-state index contributed by atoms with van der Waals surface area (Å²) in [5.41, 5.74) is 0.402. The van der Waals surface area contributed by atoms with Gasteiger partial charge in [-0.25, -0.2) is 9.37 Å². The van der Waals surface area contributed by atoms with E-state index in [-0.39, 0.29) is 5.02 Å². The second kappa shape index (κ2) is 5.87. The normalized spacial score (nSPS) is 10.6. The minimum atomic E-state index is -0.435. The standard InChI is InChI=1S/C13H15ClFN3/c1-2-3-7-16-13-17-8-9-18(13)11-6-4-5-10(14)12(11)15/h4-6,8-9H,2-3,7H2,1H3,(H,16,17). The third-order valence-electron chi connectivity index (χ3n) is 2.64. The third-order valence-corrected chi connectivity index (χ3v) is 2.94. The molecule has 0 saturated heterocycles. The van der Waals surface area contributed by atoms with E-state index in [0.717, 1.165) is 19.4 Å². The number of nitrogens with zero attached hydrogens (tertiary/aromatic N) is 2. The summed E-state index contributed by atoms with van der Waals surface area (Å²) in [6.45, 7) is 2.93. The molecule has 0 radical (unpaired) electrons. The third kappa shape index (κ3) is 2.64. The van der Waals surface area contributed by atoms with Crippen LogP contribution in [-0.2, 0) is 0 Å². The van der Waals surface area contributed by atoms with Crippen molar-refractivity contribution in [3.05, 3.63) is 41.4 Å². The fourth-order valence-corrected chi connectivity index (χ4v) is 1.85. The van der Waals surface area contributed by atoms with Crippen LogP contribution in [0.2, 0.25) is 5.02 Å². The number of hydrogen-bond acceptors (Lipinski definition) is 2. The first-order valence-electron chi connectivity index (χ1n) is 5.95. The topological polar surface area (TPSA) is 29.9 Å². The first kappa shape index (κ1) is 12.9. The molecule has 1 aromatic carbocycles. The van der Waals surface area contributed by atoms with Crippen LogP contribution in [0.25, 0.3) is 5.69 Å². The molecule has 0 aliphatic heterocycles. The van der Waals surface area contributed by atoms with Crippen molar-refractivity contribution in [2.45, 2.75) is 19.8 Å². The zero-order valence-electron chi connectivity index (χ0n) is 10.2. The van der Waals surface area contributed by atoms with E-state index in [9.17, 15) is 4.39 Å². The largest absolute Gasteiger partial charge is 0.355 e. The summed E-state index contributed by atoms with van der Waals surface area (Å²) in [7, 11) is 0. The van der Waals surface area contributed by atoms with Gasteiger partial charge >= 0.3 is 0 Å². The highest BCUT2D eigenvalue weighted by Crippen LogP contribution is 2.23. The average Bonchev–Trinajstić information content (AvgIpc) is 2.81. The van der Waals surface area contributed by atoms with Crippen molar-refractivity contribution in [1.29, 1.82) is 0 Å². The van der Waals surface area contributed by atoms with E-state index >= 15 is 0 Å². The zero-order valence-corrected chi connectivity index (χ0v) is 10.9. The van der Waals surface area contributed by atoms with Crippen LogP contribution < -0.4 is 5.32 Å². The first-order valence-corrected chi connectivity index (χ1v) is 6.33. The molecule has 0 unspecified atom stereocenters. The summed E-state index contributed by atoms with van der Waals surface area (Å²) in [5.74, 6) is 0.195. The fourth-order valence-electron chi connectivity index (χ4n) is 1.68. The van der Waals surface area contributed by atoms with Gasteiger partial charge in [0.15, 0.2) is 5.82 Å². The van der Waals surface area contributed by atoms with E-state index in [1.807, 2.05) is 0 Å². The molecule has 2 aromatic rings. The van der Waals surface area contributed by atoms with Crippen LogP contribution in [-0.4, -0.2) is 16.1 Å². The molecule has 96 valence electrons. The molecule has 0 spiro atoms. The maximum atomic E-state index is 13.9. The maximum Gasteiger partial charge on any atom is 0.207 e. The molecule has 1 heterocycles. The summed E-state index contributed by atoms with van der Waals surface area (Å²) < 4.78 is 15.6. The fraction of sp³-hybridized carbons (Fsp3) is 0.308. The molecule has 1 aromatic heterocycles. The minimum absolute atomic E-state index is 0.112. The lowest BCUT2D eigenvalue weighted by Crippen LogP contribution is -2.08. The van der Waals surface area contributed by atoms with Crippen LogP contribution in [0.3, 0.4) is 0 Å². The molecule has 0 bridgehead atoms. The number of rotatable bonds is 5. The lowest BCUT2D eigenvalue weighted by Gasteiger charge is -2.10. The van der Waals surface area contributed by atoms with Gasteiger partial charge < -0.3 is 5.32 Å². The highest BCUT2D eigenvalue weighted by molar-refractivity contribution is 6.30. The van der Waals surface area contributed by atoms with Crippen molar-refractivity contribution < 1.29 is 4.39 Å². The molecule has 0 aliphatic carbocycles. The van der Waals surface area contributed by atoms with Crippen LogP contribution in [0.1, 0.15) is 19.8 Å². The van der Waals surface area contributed by atoms with Crippen molar-refractivity contribution in [1.82, 2.24) is 9.55 Å². The van der Waals surface area contributed by atoms with Gasteiger partial charge in [-0.1, -0.05) is 31.0 Å². The number of aromatic nitrogens is 2. The molecule has 0 fully saturated rings. The Morgan fingerprint density at radius 2 is 2.28 bits per heavy atom. The summed E-state index contributed by atoms with van der Waals surface area (Å²) >= 11 is 5.78. The van der Waals surface area contributed by atoms with Gasteiger partial charge in [0, 0.05) is 18.9 Å². The monoisotopic (exact) mass is 267 g/mol. The van der Waals surface area contributed by atoms with Crippen LogP contribution >= 0.6 is 11.6 Å². The summed E-state index contributed by atoms with van der Waals surface area (Å²) in [6, 6.07) is 4.92. The van der Waals surface area contributed by atoms with Crippen LogP contribution in [0, 0.1) is 5.82 Å². The summed E-state index contributed by atoms with van der Waals surface area (Å²) in [6.07, 6.45) is 5.49. The second-order valence-corrected chi connectivity index (χ2v) is 4.38. The lowest BCUT2D eigenvalue weighted by atomic mass is 10.3. The number of benzene rings is 1. The average molecular weight is 268 g/mol. The van der Waals surface area contributed by atoms with Crippen LogP contribution in [0.5, 0.6) is 0 Å². The van der Waals surface area contributed by atoms with Gasteiger partial charge in [0.25, 0.3) is 0 Å². The second-order valence-electron chi connectivity index (χ2n) is 3.97. The molecule has 18 heavy (non-hydrogen) atoms. The van der Waals surface area contributed by atoms with Crippen molar-refractivity contribution in [3.8, 4) is 5.69 Å². The highest BCUT2D eigenvalue weighted by atomic mass is 35.5. The SMILES string of the molecule is CCCCNc1nccn1-c1cccc(Cl)c1F. The van der Waals surface area contributed by atoms with Gasteiger partial charge in [0.05, 0.1) is 10.7 Å². The van der Waals surface area contributed by atoms with Gasteiger partial charge in [-0.05, 0) is 18.6 Å². The number of nitrogens with one attached hydrogen (secondary N) is 1. The number of anilines is 1. The Hall–Kier alpha value is -1.55. The van der Waals surface area contributed by atoms with E-state index in [1.54, 1.807) is 29.1 Å². The van der Waals surface area contributed by atoms with E-state index in [4.69, 9.17) is 11.6 Å². The zero-order chi connectivity index (χ0) is 13.0. The molecule has 3 nitrogen and oxygen atoms in total. The Labute approximate surface area is 111 Å². The van der Waals surface area contributed by atoms with E-state index < -0.39 is 5.82 Å². The van der Waals surface area contributed by atoms with E-state index in [0.29, 0.717) is 11.6 Å². The van der Waals surface area contributed by atoms with E-state index in [1.165, 1.54) is 6.07 Å². The highest BCUT2D eigenvalue weighted by Gasteiger charge is 2.11. The van der Waals surface area contributed by atoms with Gasteiger partial charge in [-0.15, -0.1) is 0 Å². The molecule has 5 heteroatoms. The van der Waals surface area contributed by atoms with Crippen molar-refractivity contribution in [2.75, 3.05) is 11.9 Å². The van der Waals surface area contributed by atoms with Gasteiger partial charge in [0.1, 0.15) is 0 Å². The molecule has 0 amide bonds. The Morgan fingerprint density at radius 1 is 1.44 bits per heavy atom. The van der Waals surface area contributed by atoms with Crippen molar-refractivity contribution >= 4 is 17.5 Å². The van der Waals surface area contributed by atoms with E-state index in [2.05, 4.69) is 17.2 Å². The quantitative estimate of drug-likeness (QED) is 0.834. The molecular weight excluding hydrogens is 253 g/mol. The Bertz CT molecular complexity index is 525. The van der Waals surface area contributed by atoms with Gasteiger partial charge in [-0.3, -0.25) is 4.57 Å². The van der Waals surface area contributed by atoms with Crippen LogP contribution in [0.15, 0.2) is 30.6 Å². The molecule has 2 rings (SSSR count). The Kier molecular flexibility index (Phi) is 4.20. The molecule has 0 saturated carbocycles. The van der Waals surface area contributed by atoms with Gasteiger partial charge in [0.2, 0.25) is 5.95 Å². The number of halogens is 2. The number of hydrogen-bond donors (Lipinski definition) is 1. The molecule has 0 atom stereocenters. The van der Waals surface area contributed by atoms with Crippen molar-refractivity contribution in [2.24, 2.45) is 0 Å². The number of unbranched alkanes of at least 4 members (excludes halogenated alkanes) is 1.